The summed E-state index contributed by atoms with van der Waals surface area (Å²) in [5, 5.41) is 2.59. The molecule has 0 bridgehead atoms. The zero-order valence-electron chi connectivity index (χ0n) is 15.7. The molecule has 0 spiro atoms. The maximum atomic E-state index is 12.2. The molecule has 1 aromatic carbocycles. The average Bonchev–Trinajstić information content (AvgIpc) is 3.09. The standard InChI is InChI=1S/C20H21NO6S/c1-3-26-20(25)19-15(11-16(28-19)14-7-5-4-6-8-14)21-17(23)12-27-18(24)10-9-13(2)22/h4-8,11H,3,9-10,12H2,1-2H3,(H,21,23). The quantitative estimate of drug-likeness (QED) is 0.644. The van der Waals surface area contributed by atoms with Crippen molar-refractivity contribution in [2.75, 3.05) is 18.5 Å². The largest absolute Gasteiger partial charge is 0.462 e. The molecular weight excluding hydrogens is 382 g/mol. The summed E-state index contributed by atoms with van der Waals surface area (Å²) in [7, 11) is 0. The summed E-state index contributed by atoms with van der Waals surface area (Å²) in [6, 6.07) is 11.1. The maximum absolute atomic E-state index is 12.2. The van der Waals surface area contributed by atoms with E-state index in [2.05, 4.69) is 5.32 Å². The minimum atomic E-state index is -0.633. The van der Waals surface area contributed by atoms with Crippen LogP contribution in [0.5, 0.6) is 0 Å². The second-order valence-electron chi connectivity index (χ2n) is 5.85. The Balaban J connectivity index is 2.09. The Labute approximate surface area is 166 Å². The molecule has 0 fully saturated rings. The highest BCUT2D eigenvalue weighted by molar-refractivity contribution is 7.18. The van der Waals surface area contributed by atoms with Crippen molar-refractivity contribution in [2.45, 2.75) is 26.7 Å². The molecule has 148 valence electrons. The van der Waals surface area contributed by atoms with E-state index >= 15 is 0 Å². The van der Waals surface area contributed by atoms with Gasteiger partial charge in [-0.15, -0.1) is 11.3 Å². The zero-order valence-corrected chi connectivity index (χ0v) is 16.5. The minimum absolute atomic E-state index is 0.0679. The predicted octanol–water partition coefficient (Wildman–Crippen LogP) is 3.44. The third-order valence-corrected chi connectivity index (χ3v) is 4.73. The lowest BCUT2D eigenvalue weighted by Gasteiger charge is -2.07. The van der Waals surface area contributed by atoms with Crippen LogP contribution in [0.2, 0.25) is 0 Å². The number of esters is 2. The van der Waals surface area contributed by atoms with Crippen LogP contribution in [0.3, 0.4) is 0 Å². The number of carbonyl (C=O) groups is 4. The Morgan fingerprint density at radius 2 is 1.75 bits per heavy atom. The number of Topliss-reactive ketones (excluding diaryl/α,β-unsaturated/α-hetero) is 1. The van der Waals surface area contributed by atoms with Crippen molar-refractivity contribution in [3.8, 4) is 10.4 Å². The Bertz CT molecular complexity index is 859. The Morgan fingerprint density at radius 3 is 2.39 bits per heavy atom. The molecule has 28 heavy (non-hydrogen) atoms. The number of hydrogen-bond acceptors (Lipinski definition) is 7. The summed E-state index contributed by atoms with van der Waals surface area (Å²) in [6.07, 6.45) is -0.00821. The summed E-state index contributed by atoms with van der Waals surface area (Å²) < 4.78 is 9.90. The van der Waals surface area contributed by atoms with Crippen molar-refractivity contribution in [1.82, 2.24) is 0 Å². The van der Waals surface area contributed by atoms with Gasteiger partial charge in [0.25, 0.3) is 5.91 Å². The van der Waals surface area contributed by atoms with Gasteiger partial charge in [-0.25, -0.2) is 4.79 Å². The summed E-state index contributed by atoms with van der Waals surface area (Å²) in [6.45, 7) is 2.77. The lowest BCUT2D eigenvalue weighted by Crippen LogP contribution is -2.21. The molecule has 1 aromatic heterocycles. The Kier molecular flexibility index (Phi) is 7.88. The van der Waals surface area contributed by atoms with Crippen LogP contribution in [0.15, 0.2) is 36.4 Å². The van der Waals surface area contributed by atoms with Gasteiger partial charge in [-0.2, -0.15) is 0 Å². The third-order valence-electron chi connectivity index (χ3n) is 3.57. The molecule has 0 unspecified atom stereocenters. The van der Waals surface area contributed by atoms with E-state index in [0.29, 0.717) is 5.69 Å². The van der Waals surface area contributed by atoms with E-state index in [0.717, 1.165) is 10.4 Å². The topological polar surface area (TPSA) is 98.8 Å². The number of amides is 1. The fourth-order valence-corrected chi connectivity index (χ4v) is 3.27. The van der Waals surface area contributed by atoms with E-state index in [1.807, 2.05) is 30.3 Å². The van der Waals surface area contributed by atoms with E-state index in [1.54, 1.807) is 13.0 Å². The van der Waals surface area contributed by atoms with E-state index in [-0.39, 0.29) is 30.1 Å². The van der Waals surface area contributed by atoms with Crippen LogP contribution in [0.25, 0.3) is 10.4 Å². The third kappa shape index (κ3) is 6.31. The molecule has 0 atom stereocenters. The van der Waals surface area contributed by atoms with Gasteiger partial charge in [0, 0.05) is 11.3 Å². The van der Waals surface area contributed by atoms with Crippen molar-refractivity contribution in [3.63, 3.8) is 0 Å². The van der Waals surface area contributed by atoms with Gasteiger partial charge in [-0.3, -0.25) is 9.59 Å². The van der Waals surface area contributed by atoms with Gasteiger partial charge in [0.15, 0.2) is 6.61 Å². The van der Waals surface area contributed by atoms with Crippen molar-refractivity contribution in [3.05, 3.63) is 41.3 Å². The molecule has 1 amide bonds. The highest BCUT2D eigenvalue weighted by Crippen LogP contribution is 2.35. The van der Waals surface area contributed by atoms with E-state index in [9.17, 15) is 19.2 Å². The lowest BCUT2D eigenvalue weighted by molar-refractivity contribution is -0.148. The molecule has 7 nitrogen and oxygen atoms in total. The molecule has 8 heteroatoms. The minimum Gasteiger partial charge on any atom is -0.462 e. The number of rotatable bonds is 9. The first kappa shape index (κ1) is 21.3. The molecule has 2 rings (SSSR count). The second kappa shape index (κ2) is 10.4. The first-order chi connectivity index (χ1) is 13.4. The van der Waals surface area contributed by atoms with Gasteiger partial charge in [0.2, 0.25) is 0 Å². The number of anilines is 1. The number of nitrogens with one attached hydrogen (secondary N) is 1. The number of hydrogen-bond donors (Lipinski definition) is 1. The predicted molar refractivity (Wildman–Crippen MR) is 105 cm³/mol. The van der Waals surface area contributed by atoms with Crippen LogP contribution in [0.4, 0.5) is 5.69 Å². The average molecular weight is 403 g/mol. The van der Waals surface area contributed by atoms with Gasteiger partial charge >= 0.3 is 11.9 Å². The molecule has 0 aliphatic carbocycles. The van der Waals surface area contributed by atoms with Gasteiger partial charge in [-0.05, 0) is 25.5 Å². The monoisotopic (exact) mass is 403 g/mol. The van der Waals surface area contributed by atoms with Gasteiger partial charge in [-0.1, -0.05) is 30.3 Å². The molecular formula is C20H21NO6S. The number of ketones is 1. The lowest BCUT2D eigenvalue weighted by atomic mass is 10.2. The summed E-state index contributed by atoms with van der Waals surface area (Å²) in [5.41, 5.74) is 1.20. The van der Waals surface area contributed by atoms with Crippen LogP contribution in [-0.2, 0) is 23.9 Å². The van der Waals surface area contributed by atoms with Crippen LogP contribution in [-0.4, -0.2) is 36.8 Å². The molecule has 0 saturated carbocycles. The molecule has 0 aliphatic heterocycles. The molecule has 2 aromatic rings. The second-order valence-corrected chi connectivity index (χ2v) is 6.90. The number of thiophene rings is 1. The summed E-state index contributed by atoms with van der Waals surface area (Å²) >= 11 is 1.20. The van der Waals surface area contributed by atoms with Crippen LogP contribution in [0, 0.1) is 0 Å². The molecule has 0 radical (unpaired) electrons. The summed E-state index contributed by atoms with van der Waals surface area (Å²) in [4.78, 5) is 47.8. The van der Waals surface area contributed by atoms with Crippen molar-refractivity contribution >= 4 is 40.7 Å². The van der Waals surface area contributed by atoms with E-state index < -0.39 is 24.5 Å². The fourth-order valence-electron chi connectivity index (χ4n) is 2.26. The number of benzene rings is 1. The highest BCUT2D eigenvalue weighted by Gasteiger charge is 2.20. The van der Waals surface area contributed by atoms with Crippen molar-refractivity contribution in [1.29, 1.82) is 0 Å². The van der Waals surface area contributed by atoms with Crippen LogP contribution in [0.1, 0.15) is 36.4 Å². The molecule has 0 aliphatic rings. The number of ether oxygens (including phenoxy) is 2. The van der Waals surface area contributed by atoms with E-state index in [4.69, 9.17) is 9.47 Å². The summed E-state index contributed by atoms with van der Waals surface area (Å²) in [5.74, 6) is -1.89. The maximum Gasteiger partial charge on any atom is 0.350 e. The zero-order chi connectivity index (χ0) is 20.5. The van der Waals surface area contributed by atoms with Crippen LogP contribution >= 0.6 is 11.3 Å². The van der Waals surface area contributed by atoms with Crippen molar-refractivity contribution < 1.29 is 28.7 Å². The van der Waals surface area contributed by atoms with Crippen LogP contribution < -0.4 is 5.32 Å². The normalized spacial score (nSPS) is 10.2. The number of carbonyl (C=O) groups excluding carboxylic acids is 4. The Morgan fingerprint density at radius 1 is 1.04 bits per heavy atom. The van der Waals surface area contributed by atoms with E-state index in [1.165, 1.54) is 18.3 Å². The smallest absolute Gasteiger partial charge is 0.350 e. The molecule has 0 saturated heterocycles. The fraction of sp³-hybridized carbons (Fsp3) is 0.300. The first-order valence-corrected chi connectivity index (χ1v) is 9.53. The molecule has 1 N–H and O–H groups in total. The molecule has 1 heterocycles. The van der Waals surface area contributed by atoms with Gasteiger partial charge in [0.1, 0.15) is 10.7 Å². The van der Waals surface area contributed by atoms with Crippen molar-refractivity contribution in [2.24, 2.45) is 0 Å². The van der Waals surface area contributed by atoms with Gasteiger partial charge < -0.3 is 19.6 Å². The highest BCUT2D eigenvalue weighted by atomic mass is 32.1. The Hall–Kier alpha value is -3.00. The SMILES string of the molecule is CCOC(=O)c1sc(-c2ccccc2)cc1NC(=O)COC(=O)CCC(C)=O. The van der Waals surface area contributed by atoms with Gasteiger partial charge in [0.05, 0.1) is 18.7 Å². The first-order valence-electron chi connectivity index (χ1n) is 8.72.